The number of hydrogen-bond acceptors (Lipinski definition) is 10. The third kappa shape index (κ3) is 15.1. The zero-order chi connectivity index (χ0) is 76.4. The van der Waals surface area contributed by atoms with Crippen molar-refractivity contribution >= 4 is 122 Å². The van der Waals surface area contributed by atoms with Crippen LogP contribution >= 0.6 is 31.9 Å². The Morgan fingerprint density at radius 3 is 1.12 bits per heavy atom. The van der Waals surface area contributed by atoms with Crippen LogP contribution in [0.5, 0.6) is 23.0 Å². The van der Waals surface area contributed by atoms with E-state index in [9.17, 15) is 0 Å². The molecule has 0 bridgehead atoms. The minimum absolute atomic E-state index is 0. The molecule has 0 spiro atoms. The molecule has 0 unspecified atom stereocenters. The van der Waals surface area contributed by atoms with Gasteiger partial charge in [-0.15, -0.1) is 0 Å². The summed E-state index contributed by atoms with van der Waals surface area (Å²) in [6.45, 7) is 16.5. The van der Waals surface area contributed by atoms with Crippen LogP contribution in [0.1, 0.15) is 77.7 Å². The van der Waals surface area contributed by atoms with Crippen molar-refractivity contribution in [1.82, 2.24) is 19.1 Å². The van der Waals surface area contributed by atoms with E-state index in [4.69, 9.17) is 47.5 Å². The number of hydrogen-bond donors (Lipinski definition) is 0. The molecular formula is C97H94B2Br2N4O8. The molecule has 570 valence electrons. The average molecular weight is 1630 g/mol. The maximum Gasteiger partial charge on any atom is 0.494 e. The predicted octanol–water partition coefficient (Wildman–Crippen LogP) is 24.8. The standard InChI is InChI=1S/C47H34N2O2.C29H20Br2N2O2.C18H28B2O4.3CH4/c1-50-38-24-27-41(44(30-38)51-2)47-48-45-42-28-35(32-14-8-4-9-15-32)22-25-39(42)40-26-23-36(29-43(40)46(45)49(47)37-16-10-5-11-17-37)34-20-18-33(19-21-34)31-12-6-3-7-13-31;1-34-25-13-8-17(14-26(25)35-2)29-32-27-23-15-18(30)9-11-21(23)22-12-10-19(31)16-24(22)28(27)33(29)20-6-4-3-5-7-20;1-15(2)16(3,4)22-19(21-15)13-9-11-14(12-10-13)20-23-17(5,6)18(7,8)24-20;;;/h3-30H,1-2H3;3-16H,1-2H3;9-12H,1-8H3;3*1H4. The topological polar surface area (TPSA) is 109 Å². The normalized spacial score (nSPS) is 14.4. The molecule has 0 atom stereocenters. The molecule has 16 heteroatoms. The summed E-state index contributed by atoms with van der Waals surface area (Å²) >= 11 is 7.36. The summed E-state index contributed by atoms with van der Waals surface area (Å²) in [5.41, 5.74) is 15.6. The lowest BCUT2D eigenvalue weighted by Crippen LogP contribution is -2.41. The number of methoxy groups -OCH3 is 4. The molecule has 0 N–H and O–H groups in total. The summed E-state index contributed by atoms with van der Waals surface area (Å²) in [7, 11) is 5.97. The Morgan fingerprint density at radius 1 is 0.301 bits per heavy atom. The highest BCUT2D eigenvalue weighted by molar-refractivity contribution is 9.10. The first-order valence-electron chi connectivity index (χ1n) is 36.9. The molecule has 2 aliphatic rings. The summed E-state index contributed by atoms with van der Waals surface area (Å²) in [6, 6.07) is 97.2. The molecule has 12 nitrogen and oxygen atoms in total. The number of nitrogens with zero attached hydrogens (tertiary/aromatic N) is 4. The second-order valence-corrected chi connectivity index (χ2v) is 31.6. The molecule has 2 fully saturated rings. The van der Waals surface area contributed by atoms with E-state index in [1.54, 1.807) is 28.4 Å². The van der Waals surface area contributed by atoms with Gasteiger partial charge < -0.3 is 37.6 Å². The van der Waals surface area contributed by atoms with E-state index in [-0.39, 0.29) is 58.9 Å². The maximum atomic E-state index is 6.10. The molecule has 2 saturated heterocycles. The minimum Gasteiger partial charge on any atom is -0.497 e. The van der Waals surface area contributed by atoms with E-state index in [0.717, 1.165) is 125 Å². The van der Waals surface area contributed by atoms with Gasteiger partial charge in [0.05, 0.1) is 78.5 Å². The van der Waals surface area contributed by atoms with E-state index in [1.807, 2.05) is 72.8 Å². The lowest BCUT2D eigenvalue weighted by Gasteiger charge is -2.32. The Bertz CT molecular complexity index is 6050. The van der Waals surface area contributed by atoms with Crippen LogP contribution in [0, 0.1) is 0 Å². The Morgan fingerprint density at radius 2 is 0.655 bits per heavy atom. The van der Waals surface area contributed by atoms with Gasteiger partial charge in [-0.2, -0.15) is 0 Å². The highest BCUT2D eigenvalue weighted by atomic mass is 79.9. The highest BCUT2D eigenvalue weighted by Gasteiger charge is 2.53. The van der Waals surface area contributed by atoms with Gasteiger partial charge in [0.2, 0.25) is 0 Å². The Balaban J connectivity index is 0.000000157. The average Bonchev–Trinajstić information content (AvgIpc) is 1.60. The van der Waals surface area contributed by atoms with E-state index in [2.05, 4.69) is 303 Å². The molecule has 4 heterocycles. The van der Waals surface area contributed by atoms with E-state index < -0.39 is 0 Å². The smallest absolute Gasteiger partial charge is 0.494 e. The van der Waals surface area contributed by atoms with Crippen LogP contribution in [-0.2, 0) is 18.6 Å². The van der Waals surface area contributed by atoms with Gasteiger partial charge in [0.15, 0.2) is 11.5 Å². The first-order valence-corrected chi connectivity index (χ1v) is 38.4. The highest BCUT2D eigenvalue weighted by Crippen LogP contribution is 2.47. The molecular weight excluding hydrogens is 1530 g/mol. The number of aromatic nitrogens is 4. The van der Waals surface area contributed by atoms with Crippen molar-refractivity contribution in [2.75, 3.05) is 28.4 Å². The van der Waals surface area contributed by atoms with Crippen LogP contribution < -0.4 is 29.9 Å². The SMILES string of the molecule is C.C.C.CC1(C)OB(c2ccc(B3OC(C)(C)C(C)(C)O3)cc2)OC1(C)C.COc1ccc(-c2nc3c4cc(-c5ccccc5)ccc4c4ccc(-c5ccc(-c6ccccc6)cc5)cc4c3n2-c2ccccc2)c(OC)c1.COc1ccc(-c2nc3c4cc(Br)ccc4c4ccc(Br)cc4c3n2-c2ccccc2)cc1OC. The summed E-state index contributed by atoms with van der Waals surface area (Å²) in [5, 5.41) is 9.14. The molecule has 0 radical (unpaired) electrons. The number of fused-ring (bicyclic) bond motifs is 12. The fourth-order valence-corrected chi connectivity index (χ4v) is 15.5. The fraction of sp³-hybridized carbons (Fsp3) is 0.196. The number of benzene rings is 14. The Hall–Kier alpha value is -10.8. The minimum atomic E-state index is -0.345. The fourth-order valence-electron chi connectivity index (χ4n) is 14.8. The quantitative estimate of drug-likeness (QED) is 0.0818. The molecule has 0 aliphatic carbocycles. The van der Waals surface area contributed by atoms with Crippen molar-refractivity contribution in [2.24, 2.45) is 0 Å². The summed E-state index contributed by atoms with van der Waals surface area (Å²) < 4.78 is 53.6. The van der Waals surface area contributed by atoms with E-state index in [1.165, 1.54) is 32.8 Å². The van der Waals surface area contributed by atoms with Crippen LogP contribution in [-0.4, -0.2) is 84.2 Å². The zero-order valence-corrected chi connectivity index (χ0v) is 66.7. The number of rotatable bonds is 13. The second-order valence-electron chi connectivity index (χ2n) is 29.8. The van der Waals surface area contributed by atoms with Crippen LogP contribution in [0.3, 0.4) is 0 Å². The van der Waals surface area contributed by atoms with Crippen LogP contribution in [0.2, 0.25) is 0 Å². The summed E-state index contributed by atoms with van der Waals surface area (Å²) in [4.78, 5) is 10.8. The van der Waals surface area contributed by atoms with Crippen molar-refractivity contribution in [3.63, 3.8) is 0 Å². The molecule has 18 rings (SSSR count). The summed E-state index contributed by atoms with van der Waals surface area (Å²) in [5.74, 6) is 4.40. The second kappa shape index (κ2) is 32.4. The van der Waals surface area contributed by atoms with Gasteiger partial charge in [0.1, 0.15) is 23.1 Å². The summed E-state index contributed by atoms with van der Waals surface area (Å²) in [6.07, 6.45) is 0. The Kier molecular flexibility index (Phi) is 23.0. The predicted molar refractivity (Wildman–Crippen MR) is 479 cm³/mol. The lowest BCUT2D eigenvalue weighted by atomic mass is 9.74. The van der Waals surface area contributed by atoms with Gasteiger partial charge in [0, 0.05) is 53.5 Å². The van der Waals surface area contributed by atoms with E-state index in [0.29, 0.717) is 17.2 Å². The van der Waals surface area contributed by atoms with E-state index >= 15 is 0 Å². The molecule has 2 aliphatic heterocycles. The van der Waals surface area contributed by atoms with Crippen molar-refractivity contribution in [1.29, 1.82) is 0 Å². The first-order chi connectivity index (χ1) is 53.1. The van der Waals surface area contributed by atoms with Gasteiger partial charge >= 0.3 is 14.2 Å². The van der Waals surface area contributed by atoms with Crippen molar-refractivity contribution < 1.29 is 37.6 Å². The number of para-hydroxylation sites is 2. The maximum absolute atomic E-state index is 6.10. The van der Waals surface area contributed by atoms with Gasteiger partial charge in [-0.3, -0.25) is 9.13 Å². The van der Waals surface area contributed by atoms with Crippen molar-refractivity contribution in [2.45, 2.75) is 100 Å². The molecule has 16 aromatic rings. The molecule has 0 saturated carbocycles. The van der Waals surface area contributed by atoms with Crippen LogP contribution in [0.4, 0.5) is 0 Å². The Labute approximate surface area is 681 Å². The van der Waals surface area contributed by atoms with Gasteiger partial charge in [-0.1, -0.05) is 236 Å². The molecule has 0 amide bonds. The molecule has 14 aromatic carbocycles. The third-order valence-corrected chi connectivity index (χ3v) is 23.1. The third-order valence-electron chi connectivity index (χ3n) is 22.1. The van der Waals surface area contributed by atoms with Crippen molar-refractivity contribution in [3.05, 3.63) is 288 Å². The monoisotopic (exact) mass is 1620 g/mol. The zero-order valence-electron chi connectivity index (χ0n) is 63.5. The number of imidazole rings is 2. The number of ether oxygens (including phenoxy) is 4. The van der Waals surface area contributed by atoms with Gasteiger partial charge in [-0.25, -0.2) is 9.97 Å². The number of halogens is 2. The van der Waals surface area contributed by atoms with Gasteiger partial charge in [-0.05, 0) is 212 Å². The van der Waals surface area contributed by atoms with Gasteiger partial charge in [0.25, 0.3) is 0 Å². The largest absolute Gasteiger partial charge is 0.497 e. The lowest BCUT2D eigenvalue weighted by molar-refractivity contribution is 0.00578. The van der Waals surface area contributed by atoms with Crippen LogP contribution in [0.15, 0.2) is 288 Å². The molecule has 2 aromatic heterocycles. The first kappa shape index (κ1) is 80.2. The molecule has 113 heavy (non-hydrogen) atoms. The van der Waals surface area contributed by atoms with Crippen LogP contribution in [0.25, 0.3) is 133 Å². The van der Waals surface area contributed by atoms with Crippen molar-refractivity contribution in [3.8, 4) is 90.5 Å².